The number of aryl methyl sites for hydroxylation is 4. The Labute approximate surface area is 207 Å². The number of aromatic nitrogens is 1. The number of hydrogen-bond donors (Lipinski definition) is 0. The molecule has 0 atom stereocenters. The molecule has 0 N–H and O–H groups in total. The van der Waals surface area contributed by atoms with Crippen LogP contribution in [0, 0.1) is 27.7 Å². The van der Waals surface area contributed by atoms with E-state index in [1.165, 1.54) is 16.7 Å². The Morgan fingerprint density at radius 1 is 1.09 bits per heavy atom. The maximum atomic E-state index is 13.6. The Morgan fingerprint density at radius 2 is 1.79 bits per heavy atom. The average molecular weight is 488 g/mol. The average Bonchev–Trinajstić information content (AvgIpc) is 3.19. The molecule has 4 rings (SSSR count). The summed E-state index contributed by atoms with van der Waals surface area (Å²) < 4.78 is 6.60. The lowest BCUT2D eigenvalue weighted by molar-refractivity contribution is -0.118. The normalized spacial score (nSPS) is 14.3. The van der Waals surface area contributed by atoms with Crippen molar-refractivity contribution in [1.29, 1.82) is 0 Å². The summed E-state index contributed by atoms with van der Waals surface area (Å²) in [5.41, 5.74) is 6.89. The predicted molar refractivity (Wildman–Crippen MR) is 140 cm³/mol. The van der Waals surface area contributed by atoms with Gasteiger partial charge in [-0.05, 0) is 62.4 Å². The number of benzene rings is 2. The third kappa shape index (κ3) is 6.12. The lowest BCUT2D eigenvalue weighted by atomic mass is 9.97. The van der Waals surface area contributed by atoms with Gasteiger partial charge < -0.3 is 4.74 Å². The third-order valence-electron chi connectivity index (χ3n) is 6.27. The molecule has 2 aromatic carbocycles. The van der Waals surface area contributed by atoms with Crippen molar-refractivity contribution < 1.29 is 9.53 Å². The van der Waals surface area contributed by atoms with Crippen LogP contribution in [0.1, 0.15) is 34.2 Å². The highest BCUT2D eigenvalue weighted by Gasteiger charge is 2.22. The largest absolute Gasteiger partial charge is 0.379 e. The molecule has 0 unspecified atom stereocenters. The van der Waals surface area contributed by atoms with Crippen molar-refractivity contribution >= 4 is 45.0 Å². The number of halogens is 1. The van der Waals surface area contributed by atoms with Gasteiger partial charge in [0.05, 0.1) is 29.9 Å². The minimum Gasteiger partial charge on any atom is -0.379 e. The summed E-state index contributed by atoms with van der Waals surface area (Å²) >= 11 is 1.62. The van der Waals surface area contributed by atoms with Crippen molar-refractivity contribution in [3.63, 3.8) is 0 Å². The lowest BCUT2D eigenvalue weighted by Crippen LogP contribution is -2.39. The van der Waals surface area contributed by atoms with Crippen LogP contribution in [0.5, 0.6) is 0 Å². The first-order chi connectivity index (χ1) is 15.4. The van der Waals surface area contributed by atoms with E-state index in [0.717, 1.165) is 65.7 Å². The minimum atomic E-state index is 0. The van der Waals surface area contributed by atoms with Gasteiger partial charge in [-0.15, -0.1) is 12.4 Å². The number of fused-ring (bicyclic) bond motifs is 1. The number of nitrogens with zero attached hydrogens (tertiary/aromatic N) is 3. The van der Waals surface area contributed by atoms with E-state index in [1.54, 1.807) is 11.3 Å². The summed E-state index contributed by atoms with van der Waals surface area (Å²) in [4.78, 5) is 22.8. The highest BCUT2D eigenvalue weighted by atomic mass is 35.5. The standard InChI is InChI=1S/C26H33N3O2S.ClH/c1-18-15-20(3)22(21(4)16-18)17-24(30)29(10-6-9-28-11-13-31-14-12-28)26-27-25-19(2)7-5-8-23(25)32-26;/h5,7-8,15-16H,6,9-14,17H2,1-4H3;1H. The van der Waals surface area contributed by atoms with E-state index in [4.69, 9.17) is 9.72 Å². The molecule has 33 heavy (non-hydrogen) atoms. The maximum absolute atomic E-state index is 13.6. The molecule has 5 nitrogen and oxygen atoms in total. The smallest absolute Gasteiger partial charge is 0.233 e. The molecule has 0 saturated carbocycles. The number of anilines is 1. The number of carbonyl (C=O) groups excluding carboxylic acids is 1. The quantitative estimate of drug-likeness (QED) is 0.456. The molecule has 1 amide bonds. The molecular weight excluding hydrogens is 454 g/mol. The van der Waals surface area contributed by atoms with Crippen LogP contribution < -0.4 is 4.90 Å². The SMILES string of the molecule is Cc1cc(C)c(CC(=O)N(CCCN2CCOCC2)c2nc3c(C)cccc3s2)c(C)c1.Cl. The van der Waals surface area contributed by atoms with E-state index in [9.17, 15) is 4.79 Å². The zero-order valence-electron chi connectivity index (χ0n) is 20.0. The summed E-state index contributed by atoms with van der Waals surface area (Å²) in [6.45, 7) is 13.6. The van der Waals surface area contributed by atoms with Crippen LogP contribution in [-0.4, -0.2) is 55.2 Å². The molecule has 0 aliphatic carbocycles. The molecule has 1 fully saturated rings. The summed E-state index contributed by atoms with van der Waals surface area (Å²) in [5, 5.41) is 0.809. The molecule has 1 aromatic heterocycles. The first-order valence-electron chi connectivity index (χ1n) is 11.5. The van der Waals surface area contributed by atoms with Gasteiger partial charge in [-0.25, -0.2) is 4.98 Å². The van der Waals surface area contributed by atoms with Crippen LogP contribution in [0.3, 0.4) is 0 Å². The lowest BCUT2D eigenvalue weighted by Gasteiger charge is -2.28. The van der Waals surface area contributed by atoms with Gasteiger partial charge in [0.15, 0.2) is 5.13 Å². The fourth-order valence-electron chi connectivity index (χ4n) is 4.53. The van der Waals surface area contributed by atoms with Crippen molar-refractivity contribution in [2.24, 2.45) is 0 Å². The van der Waals surface area contributed by atoms with Crippen molar-refractivity contribution in [3.8, 4) is 0 Å². The fraction of sp³-hybridized carbons (Fsp3) is 0.462. The molecular formula is C26H34ClN3O2S. The number of hydrogen-bond acceptors (Lipinski definition) is 5. The van der Waals surface area contributed by atoms with Gasteiger partial charge in [0.1, 0.15) is 0 Å². The summed E-state index contributed by atoms with van der Waals surface area (Å²) in [6, 6.07) is 10.6. The number of amides is 1. The van der Waals surface area contributed by atoms with Gasteiger partial charge in [0.25, 0.3) is 0 Å². The van der Waals surface area contributed by atoms with E-state index in [1.807, 2.05) is 4.90 Å². The maximum Gasteiger partial charge on any atom is 0.233 e. The van der Waals surface area contributed by atoms with Crippen LogP contribution in [0.25, 0.3) is 10.2 Å². The number of thiazole rings is 1. The summed E-state index contributed by atoms with van der Waals surface area (Å²) in [6.07, 6.45) is 1.33. The van der Waals surface area contributed by atoms with Gasteiger partial charge in [-0.3, -0.25) is 14.6 Å². The van der Waals surface area contributed by atoms with Gasteiger partial charge in [0.2, 0.25) is 5.91 Å². The molecule has 0 bridgehead atoms. The molecule has 1 saturated heterocycles. The second kappa shape index (κ2) is 11.4. The molecule has 2 heterocycles. The van der Waals surface area contributed by atoms with Crippen LogP contribution in [-0.2, 0) is 16.0 Å². The van der Waals surface area contributed by atoms with Gasteiger partial charge in [-0.1, -0.05) is 41.2 Å². The second-order valence-electron chi connectivity index (χ2n) is 8.83. The Balaban J connectivity index is 0.00000306. The van der Waals surface area contributed by atoms with Crippen molar-refractivity contribution in [1.82, 2.24) is 9.88 Å². The third-order valence-corrected chi connectivity index (χ3v) is 7.31. The van der Waals surface area contributed by atoms with Crippen LogP contribution >= 0.6 is 23.7 Å². The van der Waals surface area contributed by atoms with Gasteiger partial charge in [0, 0.05) is 26.2 Å². The zero-order chi connectivity index (χ0) is 22.7. The molecule has 7 heteroatoms. The molecule has 178 valence electrons. The van der Waals surface area contributed by atoms with Crippen molar-refractivity contribution in [3.05, 3.63) is 58.1 Å². The minimum absolute atomic E-state index is 0. The molecule has 1 aliphatic heterocycles. The van der Waals surface area contributed by atoms with E-state index >= 15 is 0 Å². The van der Waals surface area contributed by atoms with E-state index in [0.29, 0.717) is 13.0 Å². The number of ether oxygens (including phenoxy) is 1. The predicted octanol–water partition coefficient (Wildman–Crippen LogP) is 5.25. The molecule has 0 spiro atoms. The Bertz CT molecular complexity index is 1090. The molecule has 0 radical (unpaired) electrons. The van der Waals surface area contributed by atoms with E-state index in [-0.39, 0.29) is 18.3 Å². The van der Waals surface area contributed by atoms with Gasteiger partial charge in [-0.2, -0.15) is 0 Å². The first-order valence-corrected chi connectivity index (χ1v) is 12.3. The first kappa shape index (κ1) is 25.6. The van der Waals surface area contributed by atoms with Crippen LogP contribution in [0.2, 0.25) is 0 Å². The fourth-order valence-corrected chi connectivity index (χ4v) is 5.62. The number of para-hydroxylation sites is 1. The van der Waals surface area contributed by atoms with Crippen LogP contribution in [0.4, 0.5) is 5.13 Å². The number of carbonyl (C=O) groups is 1. The molecule has 3 aromatic rings. The monoisotopic (exact) mass is 487 g/mol. The second-order valence-corrected chi connectivity index (χ2v) is 9.83. The Kier molecular flexibility index (Phi) is 8.88. The van der Waals surface area contributed by atoms with Crippen molar-refractivity contribution in [2.45, 2.75) is 40.5 Å². The van der Waals surface area contributed by atoms with Crippen LogP contribution in [0.15, 0.2) is 30.3 Å². The molecule has 1 aliphatic rings. The van der Waals surface area contributed by atoms with Crippen molar-refractivity contribution in [2.75, 3.05) is 44.3 Å². The number of morpholine rings is 1. The van der Waals surface area contributed by atoms with Gasteiger partial charge >= 0.3 is 0 Å². The Morgan fingerprint density at radius 3 is 2.45 bits per heavy atom. The highest BCUT2D eigenvalue weighted by Crippen LogP contribution is 2.31. The van der Waals surface area contributed by atoms with E-state index in [2.05, 4.69) is 62.9 Å². The Hall–Kier alpha value is -1.99. The number of rotatable bonds is 7. The zero-order valence-corrected chi connectivity index (χ0v) is 21.7. The van der Waals surface area contributed by atoms with E-state index < -0.39 is 0 Å². The summed E-state index contributed by atoms with van der Waals surface area (Å²) in [7, 11) is 0. The highest BCUT2D eigenvalue weighted by molar-refractivity contribution is 7.22. The summed E-state index contributed by atoms with van der Waals surface area (Å²) in [5.74, 6) is 0.124. The topological polar surface area (TPSA) is 45.7 Å².